The van der Waals surface area contributed by atoms with Crippen LogP contribution in [0, 0.1) is 5.82 Å². The molecule has 0 amide bonds. The lowest BCUT2D eigenvalue weighted by atomic mass is 10.0. The van der Waals surface area contributed by atoms with Gasteiger partial charge in [-0.05, 0) is 35.6 Å². The van der Waals surface area contributed by atoms with Gasteiger partial charge in [0.2, 0.25) is 0 Å². The van der Waals surface area contributed by atoms with Crippen LogP contribution in [-0.4, -0.2) is 6.04 Å². The Bertz CT molecular complexity index is 462. The minimum absolute atomic E-state index is 0.178. The van der Waals surface area contributed by atoms with Crippen molar-refractivity contribution < 1.29 is 4.39 Å². The van der Waals surface area contributed by atoms with E-state index in [2.05, 4.69) is 36.7 Å². The lowest BCUT2D eigenvalue weighted by Gasteiger charge is -2.20. The second kappa shape index (κ2) is 6.12. The van der Waals surface area contributed by atoms with Crippen molar-refractivity contribution in [1.29, 1.82) is 0 Å². The maximum atomic E-state index is 12.9. The third kappa shape index (κ3) is 3.65. The van der Waals surface area contributed by atoms with Crippen LogP contribution in [0.5, 0.6) is 0 Å². The Labute approximate surface area is 112 Å². The molecule has 0 aliphatic carbocycles. The molecule has 1 atom stereocenters. The summed E-state index contributed by atoms with van der Waals surface area (Å²) in [5, 5.41) is 5.65. The van der Waals surface area contributed by atoms with E-state index in [0.29, 0.717) is 12.1 Å². The maximum absolute atomic E-state index is 12.9. The number of hydrogen-bond acceptors (Lipinski definition) is 2. The Hall–Kier alpha value is -1.19. The highest BCUT2D eigenvalue weighted by Gasteiger charge is 2.14. The number of halogens is 1. The minimum Gasteiger partial charge on any atom is -0.307 e. The summed E-state index contributed by atoms with van der Waals surface area (Å²) >= 11 is 1.76. The van der Waals surface area contributed by atoms with Gasteiger partial charge in [0.1, 0.15) is 5.82 Å². The van der Waals surface area contributed by atoms with Gasteiger partial charge in [-0.3, -0.25) is 0 Å². The first-order valence-electron chi connectivity index (χ1n) is 6.19. The fourth-order valence-electron chi connectivity index (χ4n) is 1.99. The minimum atomic E-state index is -0.178. The largest absolute Gasteiger partial charge is 0.307 e. The van der Waals surface area contributed by atoms with E-state index < -0.39 is 0 Å². The van der Waals surface area contributed by atoms with Gasteiger partial charge < -0.3 is 5.32 Å². The Kier molecular flexibility index (Phi) is 4.50. The van der Waals surface area contributed by atoms with Crippen molar-refractivity contribution in [2.24, 2.45) is 0 Å². The number of hydrogen-bond donors (Lipinski definition) is 1. The summed E-state index contributed by atoms with van der Waals surface area (Å²) in [5.41, 5.74) is 1.16. The molecule has 1 nitrogen and oxygen atoms in total. The molecule has 0 spiro atoms. The molecule has 0 bridgehead atoms. The predicted octanol–water partition coefficient (Wildman–Crippen LogP) is 4.17. The van der Waals surface area contributed by atoms with Gasteiger partial charge in [0.25, 0.3) is 0 Å². The first-order chi connectivity index (χ1) is 8.65. The van der Waals surface area contributed by atoms with E-state index in [1.807, 2.05) is 12.1 Å². The van der Waals surface area contributed by atoms with Crippen LogP contribution in [0.1, 0.15) is 30.3 Å². The summed E-state index contributed by atoms with van der Waals surface area (Å²) in [6, 6.07) is 11.7. The first kappa shape index (κ1) is 13.2. The Morgan fingerprint density at radius 2 is 1.89 bits per heavy atom. The van der Waals surface area contributed by atoms with E-state index in [-0.39, 0.29) is 5.82 Å². The molecule has 0 aliphatic heterocycles. The topological polar surface area (TPSA) is 12.0 Å². The molecule has 1 aromatic carbocycles. The van der Waals surface area contributed by atoms with Crippen LogP contribution >= 0.6 is 11.3 Å². The first-order valence-corrected chi connectivity index (χ1v) is 7.07. The molecule has 0 radical (unpaired) electrons. The molecule has 0 saturated carbocycles. The molecule has 96 valence electrons. The molecule has 0 aliphatic rings. The number of nitrogens with one attached hydrogen (secondary N) is 1. The molecular weight excluding hydrogens is 245 g/mol. The molecule has 2 rings (SSSR count). The second-order valence-corrected chi connectivity index (χ2v) is 5.70. The molecular formula is C15H18FNS. The number of thiophene rings is 1. The number of benzene rings is 1. The van der Waals surface area contributed by atoms with Gasteiger partial charge in [-0.2, -0.15) is 0 Å². The van der Waals surface area contributed by atoms with Crippen molar-refractivity contribution >= 4 is 11.3 Å². The van der Waals surface area contributed by atoms with Crippen molar-refractivity contribution in [3.8, 4) is 0 Å². The molecule has 3 heteroatoms. The molecule has 18 heavy (non-hydrogen) atoms. The van der Waals surface area contributed by atoms with E-state index in [4.69, 9.17) is 0 Å². The van der Waals surface area contributed by atoms with Crippen LogP contribution < -0.4 is 5.32 Å². The van der Waals surface area contributed by atoms with Crippen LogP contribution in [0.2, 0.25) is 0 Å². The molecule has 1 unspecified atom stereocenters. The van der Waals surface area contributed by atoms with Gasteiger partial charge in [-0.1, -0.05) is 32.0 Å². The summed E-state index contributed by atoms with van der Waals surface area (Å²) in [7, 11) is 0. The van der Waals surface area contributed by atoms with Crippen LogP contribution in [0.15, 0.2) is 41.8 Å². The Balaban J connectivity index is 2.12. The van der Waals surface area contributed by atoms with Crippen LogP contribution in [0.4, 0.5) is 4.39 Å². The molecule has 1 N–H and O–H groups in total. The SMILES string of the molecule is CC(C)NC(Cc1ccc(F)cc1)c1cccs1. The average molecular weight is 263 g/mol. The summed E-state index contributed by atoms with van der Waals surface area (Å²) in [6.07, 6.45) is 0.888. The molecule has 2 aromatic rings. The summed E-state index contributed by atoms with van der Waals surface area (Å²) in [5.74, 6) is -0.178. The van der Waals surface area contributed by atoms with Crippen molar-refractivity contribution in [2.45, 2.75) is 32.4 Å². The van der Waals surface area contributed by atoms with Crippen LogP contribution in [-0.2, 0) is 6.42 Å². The Morgan fingerprint density at radius 1 is 1.17 bits per heavy atom. The third-order valence-corrected chi connectivity index (χ3v) is 3.76. The monoisotopic (exact) mass is 263 g/mol. The summed E-state index contributed by atoms with van der Waals surface area (Å²) < 4.78 is 12.9. The average Bonchev–Trinajstić information content (AvgIpc) is 2.84. The van der Waals surface area contributed by atoms with Crippen LogP contribution in [0.25, 0.3) is 0 Å². The molecule has 0 fully saturated rings. The Morgan fingerprint density at radius 3 is 2.44 bits per heavy atom. The van der Waals surface area contributed by atoms with Gasteiger partial charge >= 0.3 is 0 Å². The standard InChI is InChI=1S/C15H18FNS/c1-11(2)17-14(15-4-3-9-18-15)10-12-5-7-13(16)8-6-12/h3-9,11,14,17H,10H2,1-2H3. The van der Waals surface area contributed by atoms with E-state index in [1.165, 1.54) is 17.0 Å². The van der Waals surface area contributed by atoms with Gasteiger partial charge in [0.15, 0.2) is 0 Å². The third-order valence-electron chi connectivity index (χ3n) is 2.77. The maximum Gasteiger partial charge on any atom is 0.123 e. The molecule has 1 aromatic heterocycles. The highest BCUT2D eigenvalue weighted by atomic mass is 32.1. The van der Waals surface area contributed by atoms with Gasteiger partial charge in [-0.25, -0.2) is 4.39 Å². The van der Waals surface area contributed by atoms with Crippen LogP contribution in [0.3, 0.4) is 0 Å². The highest BCUT2D eigenvalue weighted by molar-refractivity contribution is 7.10. The normalized spacial score (nSPS) is 12.9. The number of rotatable bonds is 5. The predicted molar refractivity (Wildman–Crippen MR) is 75.4 cm³/mol. The second-order valence-electron chi connectivity index (χ2n) is 4.72. The van der Waals surface area contributed by atoms with Crippen molar-refractivity contribution in [1.82, 2.24) is 5.32 Å². The van der Waals surface area contributed by atoms with Gasteiger partial charge in [-0.15, -0.1) is 11.3 Å². The van der Waals surface area contributed by atoms with E-state index in [0.717, 1.165) is 12.0 Å². The molecule has 1 heterocycles. The lowest BCUT2D eigenvalue weighted by molar-refractivity contribution is 0.480. The smallest absolute Gasteiger partial charge is 0.123 e. The van der Waals surface area contributed by atoms with E-state index in [9.17, 15) is 4.39 Å². The fraction of sp³-hybridized carbons (Fsp3) is 0.333. The van der Waals surface area contributed by atoms with E-state index in [1.54, 1.807) is 11.3 Å². The van der Waals surface area contributed by atoms with E-state index >= 15 is 0 Å². The van der Waals surface area contributed by atoms with Crippen molar-refractivity contribution in [2.75, 3.05) is 0 Å². The quantitative estimate of drug-likeness (QED) is 0.853. The summed E-state index contributed by atoms with van der Waals surface area (Å²) in [6.45, 7) is 4.29. The van der Waals surface area contributed by atoms with Crippen molar-refractivity contribution in [3.63, 3.8) is 0 Å². The lowest BCUT2D eigenvalue weighted by Crippen LogP contribution is -2.29. The fourth-order valence-corrected chi connectivity index (χ4v) is 2.78. The zero-order valence-corrected chi connectivity index (χ0v) is 11.5. The highest BCUT2D eigenvalue weighted by Crippen LogP contribution is 2.23. The zero-order valence-electron chi connectivity index (χ0n) is 10.7. The van der Waals surface area contributed by atoms with Gasteiger partial charge in [0.05, 0.1) is 0 Å². The van der Waals surface area contributed by atoms with Gasteiger partial charge in [0, 0.05) is 17.0 Å². The molecule has 0 saturated heterocycles. The summed E-state index contributed by atoms with van der Waals surface area (Å²) in [4.78, 5) is 1.33. The van der Waals surface area contributed by atoms with Crippen molar-refractivity contribution in [3.05, 3.63) is 58.0 Å². The zero-order chi connectivity index (χ0) is 13.0.